The van der Waals surface area contributed by atoms with Crippen LogP contribution < -0.4 is 5.32 Å². The smallest absolute Gasteiger partial charge is 0.310 e. The SMILES string of the molecule is COC(=O)C1CNCC[C@H]1c1ccc2ccccc2c1. The molecule has 1 saturated heterocycles. The number of hydrogen-bond donors (Lipinski definition) is 1. The summed E-state index contributed by atoms with van der Waals surface area (Å²) in [4.78, 5) is 12.0. The lowest BCUT2D eigenvalue weighted by molar-refractivity contribution is -0.146. The minimum absolute atomic E-state index is 0.0880. The van der Waals surface area contributed by atoms with Gasteiger partial charge in [-0.25, -0.2) is 0 Å². The van der Waals surface area contributed by atoms with Gasteiger partial charge in [-0.2, -0.15) is 0 Å². The van der Waals surface area contributed by atoms with E-state index >= 15 is 0 Å². The Kier molecular flexibility index (Phi) is 3.70. The molecule has 2 atom stereocenters. The van der Waals surface area contributed by atoms with Crippen LogP contribution in [-0.4, -0.2) is 26.2 Å². The molecule has 104 valence electrons. The molecule has 1 heterocycles. The number of hydrogen-bond acceptors (Lipinski definition) is 3. The minimum atomic E-state index is -0.115. The molecule has 20 heavy (non-hydrogen) atoms. The second kappa shape index (κ2) is 5.63. The van der Waals surface area contributed by atoms with E-state index in [2.05, 4.69) is 35.6 Å². The molecule has 1 unspecified atom stereocenters. The van der Waals surface area contributed by atoms with E-state index in [0.717, 1.165) is 13.0 Å². The summed E-state index contributed by atoms with van der Waals surface area (Å²) in [5.74, 6) is 0.0403. The molecule has 0 saturated carbocycles. The van der Waals surface area contributed by atoms with Crippen molar-refractivity contribution in [2.45, 2.75) is 12.3 Å². The third-order valence-corrected chi connectivity index (χ3v) is 4.19. The summed E-state index contributed by atoms with van der Waals surface area (Å²) in [5, 5.41) is 5.75. The second-order valence-corrected chi connectivity index (χ2v) is 5.34. The number of benzene rings is 2. The third kappa shape index (κ3) is 2.41. The summed E-state index contributed by atoms with van der Waals surface area (Å²) >= 11 is 0. The van der Waals surface area contributed by atoms with Gasteiger partial charge in [0.05, 0.1) is 13.0 Å². The Balaban J connectivity index is 1.96. The monoisotopic (exact) mass is 269 g/mol. The predicted octanol–water partition coefficient (Wildman–Crippen LogP) is 2.71. The van der Waals surface area contributed by atoms with Crippen molar-refractivity contribution in [3.05, 3.63) is 48.0 Å². The topological polar surface area (TPSA) is 38.3 Å². The van der Waals surface area contributed by atoms with Crippen molar-refractivity contribution in [2.75, 3.05) is 20.2 Å². The number of carbonyl (C=O) groups excluding carboxylic acids is 1. The Hall–Kier alpha value is -1.87. The number of carbonyl (C=O) groups is 1. The Bertz CT molecular complexity index is 623. The molecule has 2 aromatic rings. The van der Waals surface area contributed by atoms with Crippen molar-refractivity contribution in [2.24, 2.45) is 5.92 Å². The summed E-state index contributed by atoms with van der Waals surface area (Å²) in [7, 11) is 1.47. The highest BCUT2D eigenvalue weighted by Crippen LogP contribution is 2.32. The second-order valence-electron chi connectivity index (χ2n) is 5.34. The van der Waals surface area contributed by atoms with E-state index in [1.807, 2.05) is 12.1 Å². The van der Waals surface area contributed by atoms with E-state index in [4.69, 9.17) is 4.74 Å². The normalized spacial score (nSPS) is 22.6. The molecule has 0 spiro atoms. The van der Waals surface area contributed by atoms with Crippen molar-refractivity contribution < 1.29 is 9.53 Å². The van der Waals surface area contributed by atoms with Gasteiger partial charge in [0.15, 0.2) is 0 Å². The zero-order chi connectivity index (χ0) is 13.9. The lowest BCUT2D eigenvalue weighted by atomic mass is 9.80. The maximum absolute atomic E-state index is 12.0. The number of esters is 1. The van der Waals surface area contributed by atoms with E-state index in [1.54, 1.807) is 0 Å². The van der Waals surface area contributed by atoms with Crippen molar-refractivity contribution in [3.63, 3.8) is 0 Å². The molecule has 0 bridgehead atoms. The van der Waals surface area contributed by atoms with Gasteiger partial charge >= 0.3 is 5.97 Å². The molecule has 0 amide bonds. The average Bonchev–Trinajstić information content (AvgIpc) is 2.53. The van der Waals surface area contributed by atoms with Gasteiger partial charge in [0, 0.05) is 6.54 Å². The molecule has 1 fully saturated rings. The van der Waals surface area contributed by atoms with Crippen LogP contribution in [0, 0.1) is 5.92 Å². The first-order chi connectivity index (χ1) is 9.79. The zero-order valence-electron chi connectivity index (χ0n) is 11.6. The molecule has 2 aromatic carbocycles. The van der Waals surface area contributed by atoms with Crippen LogP contribution >= 0.6 is 0 Å². The number of rotatable bonds is 2. The summed E-state index contributed by atoms with van der Waals surface area (Å²) in [6.07, 6.45) is 0.970. The molecule has 0 radical (unpaired) electrons. The molecule has 3 heteroatoms. The van der Waals surface area contributed by atoms with Crippen LogP contribution in [0.4, 0.5) is 0 Å². The molecule has 3 nitrogen and oxygen atoms in total. The Morgan fingerprint density at radius 2 is 2.00 bits per heavy atom. The minimum Gasteiger partial charge on any atom is -0.469 e. The van der Waals surface area contributed by atoms with Crippen LogP contribution in [0.25, 0.3) is 10.8 Å². The summed E-state index contributed by atoms with van der Waals surface area (Å²) < 4.78 is 4.95. The summed E-state index contributed by atoms with van der Waals surface area (Å²) in [6.45, 7) is 1.65. The third-order valence-electron chi connectivity index (χ3n) is 4.19. The van der Waals surface area contributed by atoms with Crippen molar-refractivity contribution >= 4 is 16.7 Å². The lowest BCUT2D eigenvalue weighted by Gasteiger charge is -2.30. The molecular weight excluding hydrogens is 250 g/mol. The maximum Gasteiger partial charge on any atom is 0.310 e. The molecule has 0 aromatic heterocycles. The zero-order valence-corrected chi connectivity index (χ0v) is 11.6. The highest BCUT2D eigenvalue weighted by atomic mass is 16.5. The van der Waals surface area contributed by atoms with Crippen molar-refractivity contribution in [3.8, 4) is 0 Å². The number of methoxy groups -OCH3 is 1. The number of fused-ring (bicyclic) bond motifs is 1. The van der Waals surface area contributed by atoms with Crippen LogP contribution in [0.5, 0.6) is 0 Å². The van der Waals surface area contributed by atoms with Crippen molar-refractivity contribution in [1.82, 2.24) is 5.32 Å². The van der Waals surface area contributed by atoms with E-state index in [-0.39, 0.29) is 17.8 Å². The fraction of sp³-hybridized carbons (Fsp3) is 0.353. The standard InChI is InChI=1S/C17H19NO2/c1-20-17(19)16-11-18-9-8-15(16)14-7-6-12-4-2-3-5-13(12)10-14/h2-7,10,15-16,18H,8-9,11H2,1H3/t15-,16?/m0/s1. The first-order valence-corrected chi connectivity index (χ1v) is 7.07. The first-order valence-electron chi connectivity index (χ1n) is 7.07. The number of ether oxygens (including phenoxy) is 1. The molecule has 1 N–H and O–H groups in total. The van der Waals surface area contributed by atoms with Crippen LogP contribution in [0.3, 0.4) is 0 Å². The first kappa shape index (κ1) is 13.1. The van der Waals surface area contributed by atoms with Gasteiger partial charge in [-0.1, -0.05) is 42.5 Å². The summed E-state index contributed by atoms with van der Waals surface area (Å²) in [5.41, 5.74) is 1.24. The summed E-state index contributed by atoms with van der Waals surface area (Å²) in [6, 6.07) is 14.8. The highest BCUT2D eigenvalue weighted by molar-refractivity contribution is 5.83. The van der Waals surface area contributed by atoms with Gasteiger partial charge in [0.1, 0.15) is 0 Å². The van der Waals surface area contributed by atoms with Crippen LogP contribution in [-0.2, 0) is 9.53 Å². The quantitative estimate of drug-likeness (QED) is 0.852. The Labute approximate surface area is 118 Å². The molecule has 1 aliphatic heterocycles. The maximum atomic E-state index is 12.0. The van der Waals surface area contributed by atoms with Crippen LogP contribution in [0.1, 0.15) is 17.9 Å². The average molecular weight is 269 g/mol. The van der Waals surface area contributed by atoms with Gasteiger partial charge in [-0.05, 0) is 35.2 Å². The van der Waals surface area contributed by atoms with Gasteiger partial charge in [-0.3, -0.25) is 4.79 Å². The number of piperidine rings is 1. The molecule has 0 aliphatic carbocycles. The van der Waals surface area contributed by atoms with Gasteiger partial charge in [-0.15, -0.1) is 0 Å². The van der Waals surface area contributed by atoms with Gasteiger partial charge in [0.25, 0.3) is 0 Å². The predicted molar refractivity (Wildman–Crippen MR) is 79.7 cm³/mol. The van der Waals surface area contributed by atoms with E-state index in [9.17, 15) is 4.79 Å². The van der Waals surface area contributed by atoms with Crippen LogP contribution in [0.15, 0.2) is 42.5 Å². The fourth-order valence-corrected chi connectivity index (χ4v) is 3.09. The highest BCUT2D eigenvalue weighted by Gasteiger charge is 2.32. The fourth-order valence-electron chi connectivity index (χ4n) is 3.09. The number of nitrogens with one attached hydrogen (secondary N) is 1. The molecule has 1 aliphatic rings. The van der Waals surface area contributed by atoms with Crippen molar-refractivity contribution in [1.29, 1.82) is 0 Å². The Morgan fingerprint density at radius 1 is 1.20 bits per heavy atom. The largest absolute Gasteiger partial charge is 0.469 e. The Morgan fingerprint density at radius 3 is 2.80 bits per heavy atom. The van der Waals surface area contributed by atoms with Gasteiger partial charge < -0.3 is 10.1 Å². The lowest BCUT2D eigenvalue weighted by Crippen LogP contribution is -2.40. The van der Waals surface area contributed by atoms with Gasteiger partial charge in [0.2, 0.25) is 0 Å². The molecule has 3 rings (SSSR count). The van der Waals surface area contributed by atoms with E-state index in [1.165, 1.54) is 23.4 Å². The van der Waals surface area contributed by atoms with E-state index < -0.39 is 0 Å². The van der Waals surface area contributed by atoms with Crippen LogP contribution in [0.2, 0.25) is 0 Å². The van der Waals surface area contributed by atoms with E-state index in [0.29, 0.717) is 6.54 Å². The molecular formula is C17H19NO2.